The van der Waals surface area contributed by atoms with Crippen LogP contribution in [0.25, 0.3) is 0 Å². The first-order valence-corrected chi connectivity index (χ1v) is 8.87. The Hall–Kier alpha value is -0.910. The van der Waals surface area contributed by atoms with Gasteiger partial charge in [-0.3, -0.25) is 0 Å². The van der Waals surface area contributed by atoms with Crippen LogP contribution in [0.1, 0.15) is 33.3 Å². The molecule has 1 fully saturated rings. The number of hydrogen-bond acceptors (Lipinski definition) is 3. The van der Waals surface area contributed by atoms with Crippen LogP contribution >= 0.6 is 0 Å². The number of benzene rings is 1. The lowest BCUT2D eigenvalue weighted by Crippen LogP contribution is -2.29. The highest BCUT2D eigenvalue weighted by Gasteiger charge is 2.65. The first-order chi connectivity index (χ1) is 9.63. The molecule has 0 aromatic heterocycles. The van der Waals surface area contributed by atoms with Crippen LogP contribution in [-0.2, 0) is 16.4 Å². The molecule has 5 heteroatoms. The van der Waals surface area contributed by atoms with Gasteiger partial charge in [-0.2, -0.15) is 0 Å². The molecule has 4 nitrogen and oxygen atoms in total. The summed E-state index contributed by atoms with van der Waals surface area (Å²) in [4.78, 5) is 0.342. The summed E-state index contributed by atoms with van der Waals surface area (Å²) in [5, 5.41) is 3.08. The molecule has 0 bridgehead atoms. The summed E-state index contributed by atoms with van der Waals surface area (Å²) in [5.74, 6) is 0. The van der Waals surface area contributed by atoms with Gasteiger partial charge in [0.05, 0.1) is 4.90 Å². The molecule has 1 saturated carbocycles. The van der Waals surface area contributed by atoms with Crippen LogP contribution in [-0.4, -0.2) is 28.1 Å². The SMILES string of the molecule is CNCCc1ccc(S(=O)(=O)NC2C(C)(C)C2(C)C)cc1. The molecule has 0 spiro atoms. The second kappa shape index (κ2) is 5.38. The minimum absolute atomic E-state index is 0.00714. The summed E-state index contributed by atoms with van der Waals surface area (Å²) in [6, 6.07) is 7.13. The predicted octanol–water partition coefficient (Wildman–Crippen LogP) is 2.16. The highest BCUT2D eigenvalue weighted by Crippen LogP contribution is 2.62. The van der Waals surface area contributed by atoms with Gasteiger partial charge in [0.15, 0.2) is 0 Å². The van der Waals surface area contributed by atoms with Crippen LogP contribution in [0.2, 0.25) is 0 Å². The fourth-order valence-corrected chi connectivity index (χ4v) is 4.35. The van der Waals surface area contributed by atoms with Gasteiger partial charge in [0.1, 0.15) is 0 Å². The quantitative estimate of drug-likeness (QED) is 0.846. The Morgan fingerprint density at radius 1 is 1.05 bits per heavy atom. The zero-order chi connectivity index (χ0) is 15.9. The first-order valence-electron chi connectivity index (χ1n) is 7.39. The van der Waals surface area contributed by atoms with E-state index in [1.807, 2.05) is 19.2 Å². The summed E-state index contributed by atoms with van der Waals surface area (Å²) in [5.41, 5.74) is 1.12. The maximum atomic E-state index is 12.5. The third-order valence-corrected chi connectivity index (χ3v) is 6.63. The highest BCUT2D eigenvalue weighted by molar-refractivity contribution is 7.89. The molecule has 2 N–H and O–H groups in total. The van der Waals surface area contributed by atoms with E-state index in [9.17, 15) is 8.42 Å². The average Bonchev–Trinajstić information content (AvgIpc) is 2.79. The van der Waals surface area contributed by atoms with Crippen molar-refractivity contribution in [3.63, 3.8) is 0 Å². The summed E-state index contributed by atoms with van der Waals surface area (Å²) < 4.78 is 27.8. The van der Waals surface area contributed by atoms with Gasteiger partial charge < -0.3 is 5.32 Å². The van der Waals surface area contributed by atoms with Crippen molar-refractivity contribution in [3.05, 3.63) is 29.8 Å². The van der Waals surface area contributed by atoms with Crippen LogP contribution in [0.4, 0.5) is 0 Å². The van der Waals surface area contributed by atoms with E-state index in [0.29, 0.717) is 4.90 Å². The third kappa shape index (κ3) is 3.00. The van der Waals surface area contributed by atoms with E-state index in [-0.39, 0.29) is 16.9 Å². The van der Waals surface area contributed by atoms with Crippen molar-refractivity contribution in [1.29, 1.82) is 0 Å². The molecule has 0 amide bonds. The van der Waals surface area contributed by atoms with Gasteiger partial charge >= 0.3 is 0 Å². The zero-order valence-corrected chi connectivity index (χ0v) is 14.3. The molecule has 0 heterocycles. The van der Waals surface area contributed by atoms with Gasteiger partial charge in [-0.1, -0.05) is 39.8 Å². The van der Waals surface area contributed by atoms with Crippen molar-refractivity contribution in [2.24, 2.45) is 10.8 Å². The van der Waals surface area contributed by atoms with Gasteiger partial charge in [0, 0.05) is 6.04 Å². The fraction of sp³-hybridized carbons (Fsp3) is 0.625. The lowest BCUT2D eigenvalue weighted by atomic mass is 10.0. The van der Waals surface area contributed by atoms with Crippen LogP contribution in [0, 0.1) is 10.8 Å². The monoisotopic (exact) mass is 310 g/mol. The second-order valence-corrected chi connectivity index (χ2v) is 8.71. The van der Waals surface area contributed by atoms with E-state index in [2.05, 4.69) is 37.7 Å². The number of likely N-dealkylation sites (N-methyl/N-ethyl adjacent to an activating group) is 1. The number of sulfonamides is 1. The van der Waals surface area contributed by atoms with Crippen LogP contribution in [0.15, 0.2) is 29.2 Å². The Bertz CT molecular complexity index is 590. The van der Waals surface area contributed by atoms with Crippen molar-refractivity contribution in [2.45, 2.75) is 45.1 Å². The molecule has 1 aromatic carbocycles. The molecular weight excluding hydrogens is 284 g/mol. The van der Waals surface area contributed by atoms with Crippen LogP contribution in [0.3, 0.4) is 0 Å². The lowest BCUT2D eigenvalue weighted by molar-refractivity contribution is 0.457. The normalized spacial score (nSPS) is 20.4. The Labute approximate surface area is 128 Å². The van der Waals surface area contributed by atoms with Gasteiger partial charge in [-0.05, 0) is 48.5 Å². The minimum atomic E-state index is -3.44. The number of nitrogens with one attached hydrogen (secondary N) is 2. The van der Waals surface area contributed by atoms with Crippen LogP contribution < -0.4 is 10.0 Å². The smallest absolute Gasteiger partial charge is 0.240 e. The zero-order valence-electron chi connectivity index (χ0n) is 13.5. The summed E-state index contributed by atoms with van der Waals surface area (Å²) in [6.07, 6.45) is 0.896. The summed E-state index contributed by atoms with van der Waals surface area (Å²) >= 11 is 0. The largest absolute Gasteiger partial charge is 0.319 e. The maximum absolute atomic E-state index is 12.5. The lowest BCUT2D eigenvalue weighted by Gasteiger charge is -2.09. The Morgan fingerprint density at radius 2 is 1.57 bits per heavy atom. The van der Waals surface area contributed by atoms with E-state index in [4.69, 9.17) is 0 Å². The van der Waals surface area contributed by atoms with Gasteiger partial charge in [-0.15, -0.1) is 0 Å². The molecule has 0 atom stereocenters. The molecule has 1 aliphatic carbocycles. The molecule has 0 radical (unpaired) electrons. The molecule has 2 rings (SSSR count). The highest BCUT2D eigenvalue weighted by atomic mass is 32.2. The maximum Gasteiger partial charge on any atom is 0.240 e. The topological polar surface area (TPSA) is 58.2 Å². The van der Waals surface area contributed by atoms with E-state index < -0.39 is 10.0 Å². The van der Waals surface area contributed by atoms with Crippen molar-refractivity contribution < 1.29 is 8.42 Å². The second-order valence-electron chi connectivity index (χ2n) is 7.00. The molecule has 0 aliphatic heterocycles. The van der Waals surface area contributed by atoms with E-state index in [0.717, 1.165) is 18.5 Å². The molecule has 21 heavy (non-hydrogen) atoms. The van der Waals surface area contributed by atoms with E-state index in [1.165, 1.54) is 0 Å². The molecular formula is C16H26N2O2S. The van der Waals surface area contributed by atoms with Gasteiger partial charge in [0.2, 0.25) is 10.0 Å². The van der Waals surface area contributed by atoms with Crippen LogP contribution in [0.5, 0.6) is 0 Å². The van der Waals surface area contributed by atoms with Gasteiger partial charge in [-0.25, -0.2) is 13.1 Å². The van der Waals surface area contributed by atoms with Crippen molar-refractivity contribution >= 4 is 10.0 Å². The summed E-state index contributed by atoms with van der Waals surface area (Å²) in [6.45, 7) is 9.28. The van der Waals surface area contributed by atoms with Crippen molar-refractivity contribution in [1.82, 2.24) is 10.0 Å². The Morgan fingerprint density at radius 3 is 2.00 bits per heavy atom. The molecule has 0 saturated heterocycles. The standard InChI is InChI=1S/C16H26N2O2S/c1-15(2)14(16(15,3)4)18-21(19,20)13-8-6-12(7-9-13)10-11-17-5/h6-9,14,17-18H,10-11H2,1-5H3. The van der Waals surface area contributed by atoms with Crippen molar-refractivity contribution in [3.8, 4) is 0 Å². The average molecular weight is 310 g/mol. The van der Waals surface area contributed by atoms with Gasteiger partial charge in [0.25, 0.3) is 0 Å². The van der Waals surface area contributed by atoms with Crippen molar-refractivity contribution in [2.75, 3.05) is 13.6 Å². The first kappa shape index (κ1) is 16.5. The Balaban J connectivity index is 2.10. The predicted molar refractivity (Wildman–Crippen MR) is 85.7 cm³/mol. The number of rotatable bonds is 6. The fourth-order valence-electron chi connectivity index (χ4n) is 2.82. The molecule has 0 unspecified atom stereocenters. The molecule has 118 valence electrons. The summed E-state index contributed by atoms with van der Waals surface area (Å²) in [7, 11) is -1.54. The number of hydrogen-bond donors (Lipinski definition) is 2. The van der Waals surface area contributed by atoms with E-state index in [1.54, 1.807) is 12.1 Å². The molecule has 1 aromatic rings. The third-order valence-electron chi connectivity index (χ3n) is 5.19. The minimum Gasteiger partial charge on any atom is -0.319 e. The Kier molecular flexibility index (Phi) is 4.21. The van der Waals surface area contributed by atoms with E-state index >= 15 is 0 Å². The molecule has 1 aliphatic rings.